The summed E-state index contributed by atoms with van der Waals surface area (Å²) in [5.74, 6) is 0.770. The Hall–Kier alpha value is -1.61. The first-order valence-corrected chi connectivity index (χ1v) is 11.9. The minimum Gasteiger partial charge on any atom is -0.360 e. The van der Waals surface area contributed by atoms with Gasteiger partial charge in [-0.1, -0.05) is 27.7 Å². The van der Waals surface area contributed by atoms with Crippen LogP contribution >= 0.6 is 22.6 Å². The van der Waals surface area contributed by atoms with Crippen LogP contribution in [0.5, 0.6) is 0 Å². The third-order valence-electron chi connectivity index (χ3n) is 6.41. The maximum absolute atomic E-state index is 13.1. The average Bonchev–Trinajstić information content (AvgIpc) is 3.12. The largest absolute Gasteiger partial charge is 0.360 e. The summed E-state index contributed by atoms with van der Waals surface area (Å²) >= 11 is 2.42. The van der Waals surface area contributed by atoms with Crippen molar-refractivity contribution < 1.29 is 18.5 Å². The molecule has 3 atom stereocenters. The standard InChI is InChI=1S/C23H26FIN2O3/c1-14-21-19(30-26-14)9-6-15(23(21)29)3-2-11-27-12-10-17(13-20(27)25)22(28)16-4-7-18(24)8-5-16/h4-5,7-8,15,17,20H,2-3,6,9-13H2,1H3. The minimum absolute atomic E-state index is 0.0106. The van der Waals surface area contributed by atoms with Gasteiger partial charge in [-0.15, -0.1) is 0 Å². The lowest BCUT2D eigenvalue weighted by atomic mass is 9.83. The van der Waals surface area contributed by atoms with Crippen LogP contribution in [0.1, 0.15) is 64.3 Å². The topological polar surface area (TPSA) is 63.4 Å². The van der Waals surface area contributed by atoms with Gasteiger partial charge < -0.3 is 4.52 Å². The van der Waals surface area contributed by atoms with Crippen molar-refractivity contribution in [1.29, 1.82) is 0 Å². The summed E-state index contributed by atoms with van der Waals surface area (Å²) in [6.45, 7) is 3.64. The molecular weight excluding hydrogens is 498 g/mol. The third kappa shape index (κ3) is 4.51. The fraction of sp³-hybridized carbons (Fsp3) is 0.522. The molecule has 2 heterocycles. The molecule has 2 aromatic rings. The molecule has 30 heavy (non-hydrogen) atoms. The molecular formula is C23H26FIN2O3. The lowest BCUT2D eigenvalue weighted by Gasteiger charge is -2.36. The molecule has 1 aromatic carbocycles. The Labute approximate surface area is 189 Å². The maximum atomic E-state index is 13.1. The van der Waals surface area contributed by atoms with Crippen molar-refractivity contribution in [3.05, 3.63) is 52.7 Å². The Morgan fingerprint density at radius 2 is 2.07 bits per heavy atom. The van der Waals surface area contributed by atoms with Crippen molar-refractivity contribution in [3.63, 3.8) is 0 Å². The van der Waals surface area contributed by atoms with Gasteiger partial charge in [0.25, 0.3) is 0 Å². The summed E-state index contributed by atoms with van der Waals surface area (Å²) in [4.78, 5) is 27.9. The summed E-state index contributed by atoms with van der Waals surface area (Å²) < 4.78 is 18.7. The van der Waals surface area contributed by atoms with Crippen molar-refractivity contribution in [2.24, 2.45) is 11.8 Å². The Balaban J connectivity index is 1.26. The maximum Gasteiger partial charge on any atom is 0.171 e. The zero-order valence-corrected chi connectivity index (χ0v) is 19.2. The van der Waals surface area contributed by atoms with Gasteiger partial charge in [-0.05, 0) is 76.4 Å². The van der Waals surface area contributed by atoms with Crippen molar-refractivity contribution in [3.8, 4) is 0 Å². The smallest absolute Gasteiger partial charge is 0.171 e. The summed E-state index contributed by atoms with van der Waals surface area (Å²) in [7, 11) is 0. The van der Waals surface area contributed by atoms with Crippen LogP contribution in [0, 0.1) is 24.6 Å². The summed E-state index contributed by atoms with van der Waals surface area (Å²) in [6, 6.07) is 5.85. The van der Waals surface area contributed by atoms with E-state index in [1.54, 1.807) is 12.1 Å². The number of aryl methyl sites for hydroxylation is 2. The van der Waals surface area contributed by atoms with Crippen LogP contribution in [0.3, 0.4) is 0 Å². The number of ketones is 2. The zero-order chi connectivity index (χ0) is 21.3. The number of carbonyl (C=O) groups excluding carboxylic acids is 2. The normalized spacial score (nSPS) is 24.6. The number of benzene rings is 1. The van der Waals surface area contributed by atoms with E-state index in [-0.39, 0.29) is 29.2 Å². The van der Waals surface area contributed by atoms with Gasteiger partial charge in [0.05, 0.1) is 15.3 Å². The van der Waals surface area contributed by atoms with Crippen LogP contribution in [-0.2, 0) is 6.42 Å². The van der Waals surface area contributed by atoms with Crippen molar-refractivity contribution in [2.45, 2.75) is 49.5 Å². The lowest BCUT2D eigenvalue weighted by Crippen LogP contribution is -2.41. The van der Waals surface area contributed by atoms with Gasteiger partial charge >= 0.3 is 0 Å². The van der Waals surface area contributed by atoms with Crippen molar-refractivity contribution >= 4 is 34.2 Å². The molecule has 2 aliphatic rings. The lowest BCUT2D eigenvalue weighted by molar-refractivity contribution is 0.0814. The van der Waals surface area contributed by atoms with Gasteiger partial charge in [-0.25, -0.2) is 4.39 Å². The SMILES string of the molecule is Cc1noc2c1C(=O)C(CCCN1CCC(C(=O)c3ccc(F)cc3)CC1I)CC2. The monoisotopic (exact) mass is 524 g/mol. The van der Waals surface area contributed by atoms with Gasteiger partial charge in [0.1, 0.15) is 11.6 Å². The van der Waals surface area contributed by atoms with E-state index in [0.29, 0.717) is 20.9 Å². The summed E-state index contributed by atoms with van der Waals surface area (Å²) in [6.07, 6.45) is 5.09. The number of hydrogen-bond donors (Lipinski definition) is 0. The quantitative estimate of drug-likeness (QED) is 0.230. The van der Waals surface area contributed by atoms with Crippen LogP contribution in [0.2, 0.25) is 0 Å². The number of hydrogen-bond acceptors (Lipinski definition) is 5. The van der Waals surface area contributed by atoms with Crippen LogP contribution < -0.4 is 0 Å². The number of alkyl halides is 1. The van der Waals surface area contributed by atoms with E-state index in [1.165, 1.54) is 12.1 Å². The third-order valence-corrected chi connectivity index (χ3v) is 7.70. The molecule has 3 unspecified atom stereocenters. The fourth-order valence-corrected chi connectivity index (χ4v) is 5.83. The molecule has 0 spiro atoms. The molecule has 1 fully saturated rings. The number of likely N-dealkylation sites (tertiary alicyclic amines) is 1. The predicted octanol–water partition coefficient (Wildman–Crippen LogP) is 5.00. The van der Waals surface area contributed by atoms with Gasteiger partial charge in [0, 0.05) is 23.8 Å². The molecule has 0 N–H and O–H groups in total. The van der Waals surface area contributed by atoms with Gasteiger partial charge in [-0.2, -0.15) is 0 Å². The van der Waals surface area contributed by atoms with Crippen LogP contribution in [-0.4, -0.2) is 38.8 Å². The molecule has 1 aromatic heterocycles. The number of aromatic nitrogens is 1. The predicted molar refractivity (Wildman–Crippen MR) is 119 cm³/mol. The number of rotatable bonds is 6. The number of Topliss-reactive ketones (excluding diaryl/α,β-unsaturated/α-hetero) is 2. The average molecular weight is 524 g/mol. The van der Waals surface area contributed by atoms with Gasteiger partial charge in [0.2, 0.25) is 0 Å². The van der Waals surface area contributed by atoms with Crippen molar-refractivity contribution in [1.82, 2.24) is 10.1 Å². The highest BCUT2D eigenvalue weighted by atomic mass is 127. The number of halogens is 2. The molecule has 5 nitrogen and oxygen atoms in total. The Kier molecular flexibility index (Phi) is 6.67. The van der Waals surface area contributed by atoms with Crippen molar-refractivity contribution in [2.75, 3.05) is 13.1 Å². The molecule has 0 saturated carbocycles. The fourth-order valence-electron chi connectivity index (χ4n) is 4.66. The molecule has 1 saturated heterocycles. The molecule has 1 aliphatic carbocycles. The molecule has 7 heteroatoms. The van der Waals surface area contributed by atoms with E-state index in [4.69, 9.17) is 4.52 Å². The van der Waals surface area contributed by atoms with E-state index in [2.05, 4.69) is 32.6 Å². The van der Waals surface area contributed by atoms with E-state index >= 15 is 0 Å². The second-order valence-electron chi connectivity index (χ2n) is 8.37. The Morgan fingerprint density at radius 3 is 2.80 bits per heavy atom. The molecule has 4 rings (SSSR count). The molecule has 0 bridgehead atoms. The Morgan fingerprint density at radius 1 is 1.30 bits per heavy atom. The van der Waals surface area contributed by atoms with E-state index in [9.17, 15) is 14.0 Å². The summed E-state index contributed by atoms with van der Waals surface area (Å²) in [5.41, 5.74) is 2.01. The Bertz CT molecular complexity index is 927. The van der Waals surface area contributed by atoms with Crippen LogP contribution in [0.25, 0.3) is 0 Å². The number of fused-ring (bicyclic) bond motifs is 1. The second-order valence-corrected chi connectivity index (χ2v) is 9.81. The van der Waals surface area contributed by atoms with Gasteiger partial charge in [0.15, 0.2) is 11.6 Å². The number of carbonyl (C=O) groups is 2. The molecule has 1 aliphatic heterocycles. The van der Waals surface area contributed by atoms with E-state index in [0.717, 1.165) is 57.4 Å². The van der Waals surface area contributed by atoms with Gasteiger partial charge in [-0.3, -0.25) is 14.5 Å². The second kappa shape index (κ2) is 9.26. The van der Waals surface area contributed by atoms with E-state index < -0.39 is 0 Å². The van der Waals surface area contributed by atoms with Crippen LogP contribution in [0.4, 0.5) is 4.39 Å². The first-order chi connectivity index (χ1) is 14.4. The zero-order valence-electron chi connectivity index (χ0n) is 17.1. The number of nitrogens with zero attached hydrogens (tertiary/aromatic N) is 2. The number of piperidine rings is 1. The molecule has 0 amide bonds. The minimum atomic E-state index is -0.319. The van der Waals surface area contributed by atoms with E-state index in [1.807, 2.05) is 6.92 Å². The first kappa shape index (κ1) is 21.6. The van der Waals surface area contributed by atoms with Crippen LogP contribution in [0.15, 0.2) is 28.8 Å². The molecule has 160 valence electrons. The summed E-state index contributed by atoms with van der Waals surface area (Å²) in [5, 5.41) is 3.94. The highest BCUT2D eigenvalue weighted by molar-refractivity contribution is 14.1. The highest BCUT2D eigenvalue weighted by Gasteiger charge is 2.33. The highest BCUT2D eigenvalue weighted by Crippen LogP contribution is 2.32. The molecule has 0 radical (unpaired) electrons. The first-order valence-electron chi connectivity index (χ1n) is 10.6.